The smallest absolute Gasteiger partial charge is 0.101 e. The predicted octanol–water partition coefficient (Wildman–Crippen LogP) is 3.24. The topological polar surface area (TPSA) is 16.6 Å². The molecular formula is C23H42ClN. The van der Waals surface area contributed by atoms with Crippen molar-refractivity contribution in [2.45, 2.75) is 103 Å². The van der Waals surface area contributed by atoms with E-state index in [0.717, 1.165) is 6.54 Å². The lowest BCUT2D eigenvalue weighted by atomic mass is 10.0. The average Bonchev–Trinajstić information content (AvgIpc) is 2.62. The Kier molecular flexibility index (Phi) is 19.4. The van der Waals surface area contributed by atoms with E-state index in [1.165, 1.54) is 102 Å². The second kappa shape index (κ2) is 19.8. The van der Waals surface area contributed by atoms with Crippen molar-refractivity contribution in [1.29, 1.82) is 0 Å². The van der Waals surface area contributed by atoms with Gasteiger partial charge in [-0.3, -0.25) is 0 Å². The lowest BCUT2D eigenvalue weighted by molar-refractivity contribution is -0.671. The molecule has 1 rings (SSSR count). The summed E-state index contributed by atoms with van der Waals surface area (Å²) in [6.45, 7) is 4.72. The molecule has 0 heterocycles. The van der Waals surface area contributed by atoms with Crippen LogP contribution in [0.2, 0.25) is 0 Å². The predicted molar refractivity (Wildman–Crippen MR) is 107 cm³/mol. The molecule has 1 aromatic rings. The van der Waals surface area contributed by atoms with E-state index < -0.39 is 0 Å². The van der Waals surface area contributed by atoms with Crippen LogP contribution < -0.4 is 17.7 Å². The van der Waals surface area contributed by atoms with Gasteiger partial charge in [-0.15, -0.1) is 0 Å². The Morgan fingerprint density at radius 3 is 1.52 bits per heavy atom. The van der Waals surface area contributed by atoms with E-state index in [9.17, 15) is 0 Å². The summed E-state index contributed by atoms with van der Waals surface area (Å²) in [6.07, 6.45) is 20.2. The zero-order valence-corrected chi connectivity index (χ0v) is 17.4. The fourth-order valence-electron chi connectivity index (χ4n) is 3.37. The number of quaternary nitrogens is 1. The third kappa shape index (κ3) is 16.7. The maximum atomic E-state index is 2.45. The summed E-state index contributed by atoms with van der Waals surface area (Å²) >= 11 is 0. The van der Waals surface area contributed by atoms with Crippen molar-refractivity contribution < 1.29 is 17.7 Å². The first-order valence-corrected chi connectivity index (χ1v) is 10.8. The van der Waals surface area contributed by atoms with E-state index in [2.05, 4.69) is 42.6 Å². The number of rotatable bonds is 17. The molecule has 0 aliphatic carbocycles. The summed E-state index contributed by atoms with van der Waals surface area (Å²) in [5.41, 5.74) is 1.45. The normalized spacial score (nSPS) is 10.6. The van der Waals surface area contributed by atoms with Crippen LogP contribution in [0, 0.1) is 0 Å². The fourth-order valence-corrected chi connectivity index (χ4v) is 3.37. The van der Waals surface area contributed by atoms with E-state index in [1.807, 2.05) is 0 Å². The Morgan fingerprint density at radius 1 is 0.600 bits per heavy atom. The summed E-state index contributed by atoms with van der Waals surface area (Å²) in [7, 11) is 0. The van der Waals surface area contributed by atoms with Gasteiger partial charge in [-0.25, -0.2) is 0 Å². The average molecular weight is 368 g/mol. The third-order valence-electron chi connectivity index (χ3n) is 4.98. The monoisotopic (exact) mass is 367 g/mol. The number of hydrogen-bond donors (Lipinski definition) is 1. The highest BCUT2D eigenvalue weighted by Crippen LogP contribution is 2.12. The van der Waals surface area contributed by atoms with E-state index in [0.29, 0.717) is 0 Å². The molecule has 0 bridgehead atoms. The second-order valence-electron chi connectivity index (χ2n) is 7.36. The molecule has 0 aliphatic rings. The van der Waals surface area contributed by atoms with Crippen molar-refractivity contribution in [2.24, 2.45) is 0 Å². The van der Waals surface area contributed by atoms with Gasteiger partial charge < -0.3 is 17.7 Å². The summed E-state index contributed by atoms with van der Waals surface area (Å²) < 4.78 is 0. The Bertz CT molecular complexity index is 352. The molecule has 0 amide bonds. The summed E-state index contributed by atoms with van der Waals surface area (Å²) in [5.74, 6) is 0. The molecule has 2 heteroatoms. The second-order valence-corrected chi connectivity index (χ2v) is 7.36. The van der Waals surface area contributed by atoms with Crippen LogP contribution in [0.15, 0.2) is 30.3 Å². The Balaban J connectivity index is 0.00000576. The van der Waals surface area contributed by atoms with Gasteiger partial charge in [-0.05, 0) is 12.8 Å². The van der Waals surface area contributed by atoms with Crippen molar-refractivity contribution in [1.82, 2.24) is 0 Å². The van der Waals surface area contributed by atoms with Crippen LogP contribution in [0.4, 0.5) is 0 Å². The van der Waals surface area contributed by atoms with Gasteiger partial charge in [0, 0.05) is 5.56 Å². The number of benzene rings is 1. The van der Waals surface area contributed by atoms with E-state index in [1.54, 1.807) is 0 Å². The van der Waals surface area contributed by atoms with Crippen molar-refractivity contribution >= 4 is 0 Å². The molecule has 0 aromatic heterocycles. The number of hydrogen-bond acceptors (Lipinski definition) is 0. The van der Waals surface area contributed by atoms with Crippen LogP contribution in [0.25, 0.3) is 0 Å². The van der Waals surface area contributed by atoms with Gasteiger partial charge in [-0.2, -0.15) is 0 Å². The first-order chi connectivity index (χ1) is 11.9. The Labute approximate surface area is 163 Å². The maximum Gasteiger partial charge on any atom is 0.101 e. The number of halogens is 1. The molecule has 0 radical (unpaired) electrons. The van der Waals surface area contributed by atoms with Gasteiger partial charge in [-0.1, -0.05) is 114 Å². The molecule has 0 fully saturated rings. The van der Waals surface area contributed by atoms with E-state index in [4.69, 9.17) is 0 Å². The number of nitrogens with two attached hydrogens (primary N) is 1. The van der Waals surface area contributed by atoms with Crippen molar-refractivity contribution in [3.8, 4) is 0 Å². The SMILES string of the molecule is CCCCCCCCCCCCCCCC[NH2+]Cc1ccccc1.[Cl-]. The number of unbranched alkanes of at least 4 members (excludes halogenated alkanes) is 13. The van der Waals surface area contributed by atoms with Crippen LogP contribution in [-0.2, 0) is 6.54 Å². The molecule has 1 nitrogen and oxygen atoms in total. The minimum absolute atomic E-state index is 0. The molecule has 0 unspecified atom stereocenters. The summed E-state index contributed by atoms with van der Waals surface area (Å²) in [4.78, 5) is 0. The largest absolute Gasteiger partial charge is 1.00 e. The van der Waals surface area contributed by atoms with Crippen LogP contribution in [-0.4, -0.2) is 6.54 Å². The van der Waals surface area contributed by atoms with Crippen LogP contribution >= 0.6 is 0 Å². The molecule has 2 N–H and O–H groups in total. The van der Waals surface area contributed by atoms with Gasteiger partial charge in [0.1, 0.15) is 6.54 Å². The van der Waals surface area contributed by atoms with Crippen molar-refractivity contribution in [3.63, 3.8) is 0 Å². The van der Waals surface area contributed by atoms with Gasteiger partial charge >= 0.3 is 0 Å². The molecule has 0 atom stereocenters. The first kappa shape index (κ1) is 24.5. The van der Waals surface area contributed by atoms with Crippen molar-refractivity contribution in [3.05, 3.63) is 35.9 Å². The van der Waals surface area contributed by atoms with E-state index >= 15 is 0 Å². The highest BCUT2D eigenvalue weighted by atomic mass is 35.5. The highest BCUT2D eigenvalue weighted by molar-refractivity contribution is 5.12. The van der Waals surface area contributed by atoms with Gasteiger partial charge in [0.2, 0.25) is 0 Å². The molecule has 1 aromatic carbocycles. The molecule has 146 valence electrons. The van der Waals surface area contributed by atoms with Crippen LogP contribution in [0.3, 0.4) is 0 Å². The lowest BCUT2D eigenvalue weighted by Crippen LogP contribution is -3.00. The van der Waals surface area contributed by atoms with Gasteiger partial charge in [0.25, 0.3) is 0 Å². The molecule has 0 spiro atoms. The maximum absolute atomic E-state index is 2.45. The zero-order valence-electron chi connectivity index (χ0n) is 16.7. The first-order valence-electron chi connectivity index (χ1n) is 10.8. The highest BCUT2D eigenvalue weighted by Gasteiger charge is 1.96. The lowest BCUT2D eigenvalue weighted by Gasteiger charge is -2.04. The third-order valence-corrected chi connectivity index (χ3v) is 4.98. The van der Waals surface area contributed by atoms with Gasteiger partial charge in [0.05, 0.1) is 6.54 Å². The van der Waals surface area contributed by atoms with Gasteiger partial charge in [0.15, 0.2) is 0 Å². The minimum atomic E-state index is 0. The molecule has 0 saturated carbocycles. The molecule has 25 heavy (non-hydrogen) atoms. The molecule has 0 saturated heterocycles. The Hall–Kier alpha value is -0.530. The standard InChI is InChI=1S/C23H41N.ClH/c1-2-3-4-5-6-7-8-9-10-11-12-13-14-18-21-24-22-23-19-16-15-17-20-23;/h15-17,19-20,24H,2-14,18,21-22H2,1H3;1H. The molecular weight excluding hydrogens is 326 g/mol. The van der Waals surface area contributed by atoms with Crippen molar-refractivity contribution in [2.75, 3.05) is 6.54 Å². The summed E-state index contributed by atoms with van der Waals surface area (Å²) in [6, 6.07) is 10.8. The molecule has 0 aliphatic heterocycles. The summed E-state index contributed by atoms with van der Waals surface area (Å²) in [5, 5.41) is 2.45. The zero-order chi connectivity index (χ0) is 17.1. The minimum Gasteiger partial charge on any atom is -1.00 e. The Morgan fingerprint density at radius 2 is 1.04 bits per heavy atom. The quantitative estimate of drug-likeness (QED) is 0.407. The fraction of sp³-hybridized carbons (Fsp3) is 0.739. The van der Waals surface area contributed by atoms with Crippen LogP contribution in [0.5, 0.6) is 0 Å². The van der Waals surface area contributed by atoms with Crippen LogP contribution in [0.1, 0.15) is 102 Å². The van der Waals surface area contributed by atoms with E-state index in [-0.39, 0.29) is 12.4 Å².